The van der Waals surface area contributed by atoms with Crippen LogP contribution in [0.4, 0.5) is 4.79 Å². The summed E-state index contributed by atoms with van der Waals surface area (Å²) in [5.41, 5.74) is 0.786. The minimum atomic E-state index is -4.16. The van der Waals surface area contributed by atoms with Crippen molar-refractivity contribution in [2.24, 2.45) is 0 Å². The molecule has 33 heavy (non-hydrogen) atoms. The highest BCUT2D eigenvalue weighted by Gasteiger charge is 2.28. The van der Waals surface area contributed by atoms with Crippen molar-refractivity contribution in [3.05, 3.63) is 54.1 Å². The van der Waals surface area contributed by atoms with Gasteiger partial charge in [0, 0.05) is 6.54 Å². The lowest BCUT2D eigenvalue weighted by molar-refractivity contribution is 0.122. The molecule has 0 saturated heterocycles. The largest absolute Gasteiger partial charge is 0.504 e. The summed E-state index contributed by atoms with van der Waals surface area (Å²) < 4.78 is 34.2. The van der Waals surface area contributed by atoms with Crippen LogP contribution in [0.5, 0.6) is 11.5 Å². The van der Waals surface area contributed by atoms with Crippen LogP contribution in [0.25, 0.3) is 0 Å². The molecular weight excluding hydrogens is 448 g/mol. The number of sulfonamides is 1. The fourth-order valence-electron chi connectivity index (χ4n) is 3.91. The Bertz CT molecular complexity index is 1020. The first-order valence-electron chi connectivity index (χ1n) is 11.0. The Labute approximate surface area is 193 Å². The third-order valence-electron chi connectivity index (χ3n) is 5.64. The van der Waals surface area contributed by atoms with Crippen molar-refractivity contribution in [3.8, 4) is 11.5 Å². The number of hydrogen-bond donors (Lipinski definition) is 5. The van der Waals surface area contributed by atoms with Gasteiger partial charge in [-0.1, -0.05) is 42.8 Å². The van der Waals surface area contributed by atoms with Crippen molar-refractivity contribution < 1.29 is 33.3 Å². The molecule has 2 aromatic carbocycles. The van der Waals surface area contributed by atoms with Crippen molar-refractivity contribution in [2.45, 2.75) is 61.7 Å². The van der Waals surface area contributed by atoms with Gasteiger partial charge in [0.25, 0.3) is 0 Å². The van der Waals surface area contributed by atoms with Crippen molar-refractivity contribution >= 4 is 16.1 Å². The van der Waals surface area contributed by atoms with Crippen LogP contribution in [0.2, 0.25) is 0 Å². The predicted octanol–water partition coefficient (Wildman–Crippen LogP) is 2.62. The number of benzene rings is 2. The second kappa shape index (κ2) is 11.4. The van der Waals surface area contributed by atoms with Gasteiger partial charge in [-0.2, -0.15) is 0 Å². The van der Waals surface area contributed by atoms with E-state index in [1.54, 1.807) is 24.3 Å². The number of hydrogen-bond acceptors (Lipinski definition) is 6. The second-order valence-electron chi connectivity index (χ2n) is 8.15. The first-order valence-corrected chi connectivity index (χ1v) is 12.4. The number of rotatable bonds is 10. The summed E-state index contributed by atoms with van der Waals surface area (Å²) >= 11 is 0. The molecule has 0 bridgehead atoms. The number of carboxylic acid groups (broad SMARTS) is 1. The maximum absolute atomic E-state index is 13.0. The van der Waals surface area contributed by atoms with E-state index in [9.17, 15) is 23.4 Å². The summed E-state index contributed by atoms with van der Waals surface area (Å²) in [7, 11) is -4.16. The maximum Gasteiger partial charge on any atom is 0.404 e. The van der Waals surface area contributed by atoms with Crippen LogP contribution < -0.4 is 14.8 Å². The molecule has 9 nitrogen and oxygen atoms in total. The van der Waals surface area contributed by atoms with Crippen LogP contribution in [-0.2, 0) is 16.4 Å². The number of amides is 1. The number of carbonyl (C=O) groups is 1. The summed E-state index contributed by atoms with van der Waals surface area (Å²) in [5, 5.41) is 32.2. The van der Waals surface area contributed by atoms with Gasteiger partial charge < -0.3 is 25.4 Å². The van der Waals surface area contributed by atoms with Crippen LogP contribution in [0.3, 0.4) is 0 Å². The molecule has 0 heterocycles. The monoisotopic (exact) mass is 478 g/mol. The number of para-hydroxylation sites is 1. The van der Waals surface area contributed by atoms with E-state index < -0.39 is 34.8 Å². The van der Waals surface area contributed by atoms with Crippen LogP contribution >= 0.6 is 0 Å². The van der Waals surface area contributed by atoms with Gasteiger partial charge in [-0.15, -0.1) is 0 Å². The van der Waals surface area contributed by atoms with E-state index in [1.165, 1.54) is 18.2 Å². The molecule has 0 aromatic heterocycles. The van der Waals surface area contributed by atoms with E-state index in [4.69, 9.17) is 9.84 Å². The van der Waals surface area contributed by atoms with Crippen LogP contribution in [0.15, 0.2) is 53.4 Å². The summed E-state index contributed by atoms with van der Waals surface area (Å²) in [5.74, 6) is -0.394. The van der Waals surface area contributed by atoms with Crippen LogP contribution in [-0.4, -0.2) is 54.6 Å². The molecule has 0 spiro atoms. The van der Waals surface area contributed by atoms with Crippen LogP contribution in [0, 0.1) is 0 Å². The Morgan fingerprint density at radius 1 is 1.06 bits per heavy atom. The average molecular weight is 479 g/mol. The Morgan fingerprint density at radius 2 is 1.76 bits per heavy atom. The third kappa shape index (κ3) is 7.08. The number of ether oxygens (including phenoxy) is 1. The molecule has 0 radical (unpaired) electrons. The number of phenols is 1. The Kier molecular flexibility index (Phi) is 8.54. The molecule has 2 aromatic rings. The van der Waals surface area contributed by atoms with Gasteiger partial charge in [-0.3, -0.25) is 0 Å². The highest BCUT2D eigenvalue weighted by Crippen LogP contribution is 2.36. The molecule has 0 unspecified atom stereocenters. The van der Waals surface area contributed by atoms with Crippen molar-refractivity contribution in [3.63, 3.8) is 0 Å². The quantitative estimate of drug-likeness (QED) is 0.353. The first-order chi connectivity index (χ1) is 15.8. The van der Waals surface area contributed by atoms with Crippen molar-refractivity contribution in [1.82, 2.24) is 10.0 Å². The average Bonchev–Trinajstić information content (AvgIpc) is 2.79. The van der Waals surface area contributed by atoms with Gasteiger partial charge in [-0.25, -0.2) is 17.9 Å². The first kappa shape index (κ1) is 24.8. The SMILES string of the molecule is O=C(O)N[C@@H](Cc1ccccc1)[C@H](O)CNS(=O)(=O)c1cccc(O)c1OC1CCCCC1. The van der Waals surface area contributed by atoms with Crippen LogP contribution in [0.1, 0.15) is 37.7 Å². The molecule has 1 fully saturated rings. The zero-order chi connectivity index (χ0) is 23.8. The zero-order valence-electron chi connectivity index (χ0n) is 18.2. The van der Waals surface area contributed by atoms with E-state index in [0.717, 1.165) is 37.7 Å². The predicted molar refractivity (Wildman–Crippen MR) is 122 cm³/mol. The molecule has 1 saturated carbocycles. The molecule has 3 rings (SSSR count). The van der Waals surface area contributed by atoms with E-state index in [2.05, 4.69) is 10.0 Å². The van der Waals surface area contributed by atoms with E-state index in [1.807, 2.05) is 6.07 Å². The number of aliphatic hydroxyl groups excluding tert-OH is 1. The van der Waals surface area contributed by atoms with Crippen molar-refractivity contribution in [1.29, 1.82) is 0 Å². The lowest BCUT2D eigenvalue weighted by atomic mass is 9.98. The summed E-state index contributed by atoms with van der Waals surface area (Å²) in [6.45, 7) is -0.432. The minimum absolute atomic E-state index is 0.115. The van der Waals surface area contributed by atoms with Gasteiger partial charge in [0.2, 0.25) is 10.0 Å². The van der Waals surface area contributed by atoms with Gasteiger partial charge in [0.15, 0.2) is 11.5 Å². The molecule has 1 aliphatic rings. The fourth-order valence-corrected chi connectivity index (χ4v) is 5.11. The molecule has 1 amide bonds. The molecule has 0 aliphatic heterocycles. The summed E-state index contributed by atoms with van der Waals surface area (Å²) in [6.07, 6.45) is 1.95. The normalized spacial score (nSPS) is 16.6. The highest BCUT2D eigenvalue weighted by molar-refractivity contribution is 7.89. The van der Waals surface area contributed by atoms with E-state index in [-0.39, 0.29) is 28.9 Å². The third-order valence-corrected chi connectivity index (χ3v) is 7.09. The molecule has 180 valence electrons. The molecule has 10 heteroatoms. The number of nitrogens with one attached hydrogen (secondary N) is 2. The second-order valence-corrected chi connectivity index (χ2v) is 9.88. The van der Waals surface area contributed by atoms with Gasteiger partial charge >= 0.3 is 6.09 Å². The van der Waals surface area contributed by atoms with Crippen molar-refractivity contribution in [2.75, 3.05) is 6.54 Å². The number of phenolic OH excluding ortho intramolecular Hbond substituents is 1. The molecule has 2 atom stereocenters. The minimum Gasteiger partial charge on any atom is -0.504 e. The molecule has 1 aliphatic carbocycles. The van der Waals surface area contributed by atoms with E-state index in [0.29, 0.717) is 0 Å². The Hall–Kier alpha value is -2.82. The Morgan fingerprint density at radius 3 is 2.42 bits per heavy atom. The number of aliphatic hydroxyl groups is 1. The lowest BCUT2D eigenvalue weighted by Gasteiger charge is -2.25. The fraction of sp³-hybridized carbons (Fsp3) is 0.435. The highest BCUT2D eigenvalue weighted by atomic mass is 32.2. The molecule has 5 N–H and O–H groups in total. The van der Waals surface area contributed by atoms with Gasteiger partial charge in [0.1, 0.15) is 4.90 Å². The smallest absolute Gasteiger partial charge is 0.404 e. The summed E-state index contributed by atoms with van der Waals surface area (Å²) in [6, 6.07) is 12.1. The topological polar surface area (TPSA) is 145 Å². The standard InChI is InChI=1S/C23H30N2O7S/c26-19-12-7-13-21(22(19)32-17-10-5-2-6-11-17)33(30,31)24-15-20(27)18(25-23(28)29)14-16-8-3-1-4-9-16/h1,3-4,7-9,12-13,17-18,20,24-27H,2,5-6,10-11,14-15H2,(H,28,29)/t18-,20+/m0/s1. The van der Waals surface area contributed by atoms with E-state index >= 15 is 0 Å². The Balaban J connectivity index is 1.72. The lowest BCUT2D eigenvalue weighted by Crippen LogP contribution is -2.49. The zero-order valence-corrected chi connectivity index (χ0v) is 19.0. The van der Waals surface area contributed by atoms with Gasteiger partial charge in [0.05, 0.1) is 18.2 Å². The van der Waals surface area contributed by atoms with Gasteiger partial charge in [-0.05, 0) is 49.8 Å². The summed E-state index contributed by atoms with van der Waals surface area (Å²) in [4.78, 5) is 11.0. The number of aromatic hydroxyl groups is 1. The maximum atomic E-state index is 13.0. The molecular formula is C23H30N2O7S.